The lowest BCUT2D eigenvalue weighted by molar-refractivity contribution is -0.141. The molecule has 156 valence electrons. The minimum Gasteiger partial charge on any atom is -0.507 e. The van der Waals surface area contributed by atoms with Crippen LogP contribution in [0.5, 0.6) is 5.75 Å². The first-order valence-corrected chi connectivity index (χ1v) is 10.6. The molecule has 2 aliphatic rings. The third kappa shape index (κ3) is 3.70. The molecule has 5 nitrogen and oxygen atoms in total. The Labute approximate surface area is 180 Å². The lowest BCUT2D eigenvalue weighted by Crippen LogP contribution is -2.40. The van der Waals surface area contributed by atoms with Crippen molar-refractivity contribution < 1.29 is 19.4 Å². The van der Waals surface area contributed by atoms with E-state index in [4.69, 9.17) is 16.3 Å². The van der Waals surface area contributed by atoms with Gasteiger partial charge in [-0.05, 0) is 54.8 Å². The van der Waals surface area contributed by atoms with Gasteiger partial charge in [-0.25, -0.2) is 0 Å². The number of carbonyl (C=O) groups excluding carboxylic acids is 2. The summed E-state index contributed by atoms with van der Waals surface area (Å²) in [6, 6.07) is 13.3. The second kappa shape index (κ2) is 8.52. The fraction of sp³-hybridized carbons (Fsp3) is 0.333. The van der Waals surface area contributed by atoms with Crippen LogP contribution in [0.3, 0.4) is 0 Å². The summed E-state index contributed by atoms with van der Waals surface area (Å²) in [5.41, 5.74) is 1.36. The molecule has 1 saturated heterocycles. The zero-order chi connectivity index (χ0) is 21.3. The average Bonchev–Trinajstić information content (AvgIpc) is 3.05. The number of rotatable bonds is 4. The lowest BCUT2D eigenvalue weighted by Gasteiger charge is -2.35. The van der Waals surface area contributed by atoms with E-state index in [9.17, 15) is 14.7 Å². The molecule has 2 aromatic rings. The van der Waals surface area contributed by atoms with Gasteiger partial charge in [0.1, 0.15) is 11.5 Å². The highest BCUT2D eigenvalue weighted by Crippen LogP contribution is 2.43. The van der Waals surface area contributed by atoms with Crippen molar-refractivity contribution in [1.82, 2.24) is 4.90 Å². The van der Waals surface area contributed by atoms with Crippen LogP contribution in [0.4, 0.5) is 0 Å². The normalized spacial score (nSPS) is 21.8. The Morgan fingerprint density at radius 2 is 1.63 bits per heavy atom. The van der Waals surface area contributed by atoms with Crippen LogP contribution in [-0.2, 0) is 9.59 Å². The molecular weight excluding hydrogens is 402 g/mol. The predicted molar refractivity (Wildman–Crippen MR) is 115 cm³/mol. The van der Waals surface area contributed by atoms with Crippen LogP contribution < -0.4 is 4.74 Å². The van der Waals surface area contributed by atoms with Crippen LogP contribution in [0.25, 0.3) is 5.76 Å². The predicted octanol–water partition coefficient (Wildman–Crippen LogP) is 5.10. The quantitative estimate of drug-likeness (QED) is 0.420. The number of aliphatic hydroxyl groups excluding tert-OH is 1. The summed E-state index contributed by atoms with van der Waals surface area (Å²) in [4.78, 5) is 27.9. The van der Waals surface area contributed by atoms with Crippen molar-refractivity contribution in [3.8, 4) is 5.75 Å². The SMILES string of the molecule is COc1ccc(/C(O)=C2/C(=O)C(=O)N(C3CCCCC3)C2c2ccc(Cl)cc2)cc1. The number of likely N-dealkylation sites (tertiary alicyclic amines) is 1. The Kier molecular flexibility index (Phi) is 5.82. The summed E-state index contributed by atoms with van der Waals surface area (Å²) in [7, 11) is 1.56. The minimum absolute atomic E-state index is 0.0166. The molecule has 0 radical (unpaired) electrons. The number of halogens is 1. The number of methoxy groups -OCH3 is 1. The third-order valence-corrected chi connectivity index (χ3v) is 6.25. The minimum atomic E-state index is -0.645. The molecule has 1 heterocycles. The molecule has 30 heavy (non-hydrogen) atoms. The number of hydrogen-bond donors (Lipinski definition) is 1. The number of ketones is 1. The second-order valence-corrected chi connectivity index (χ2v) is 8.21. The van der Waals surface area contributed by atoms with Gasteiger partial charge in [-0.15, -0.1) is 0 Å². The number of hydrogen-bond acceptors (Lipinski definition) is 4. The first-order chi connectivity index (χ1) is 14.5. The molecule has 1 atom stereocenters. The largest absolute Gasteiger partial charge is 0.507 e. The molecule has 2 aromatic carbocycles. The number of benzene rings is 2. The van der Waals surface area contributed by atoms with Gasteiger partial charge in [0, 0.05) is 16.6 Å². The van der Waals surface area contributed by atoms with Crippen LogP contribution in [0.2, 0.25) is 5.02 Å². The maximum Gasteiger partial charge on any atom is 0.295 e. The van der Waals surface area contributed by atoms with Crippen molar-refractivity contribution >= 4 is 29.1 Å². The average molecular weight is 426 g/mol. The van der Waals surface area contributed by atoms with Gasteiger partial charge in [0.05, 0.1) is 18.7 Å². The Bertz CT molecular complexity index is 975. The Hall–Kier alpha value is -2.79. The van der Waals surface area contributed by atoms with E-state index in [0.29, 0.717) is 16.3 Å². The first-order valence-electron chi connectivity index (χ1n) is 10.2. The van der Waals surface area contributed by atoms with Gasteiger partial charge in [0.2, 0.25) is 0 Å². The molecular formula is C24H24ClNO4. The van der Waals surface area contributed by atoms with Gasteiger partial charge in [-0.1, -0.05) is 43.0 Å². The molecule has 0 spiro atoms. The molecule has 1 aliphatic carbocycles. The van der Waals surface area contributed by atoms with E-state index in [1.54, 1.807) is 48.4 Å². The van der Waals surface area contributed by atoms with E-state index in [0.717, 1.165) is 37.7 Å². The smallest absolute Gasteiger partial charge is 0.295 e. The molecule has 1 aliphatic heterocycles. The molecule has 0 bridgehead atoms. The Morgan fingerprint density at radius 1 is 1.00 bits per heavy atom. The molecule has 0 aromatic heterocycles. The molecule has 1 N–H and O–H groups in total. The lowest BCUT2D eigenvalue weighted by atomic mass is 9.91. The third-order valence-electron chi connectivity index (χ3n) is 6.00. The summed E-state index contributed by atoms with van der Waals surface area (Å²) >= 11 is 6.06. The zero-order valence-electron chi connectivity index (χ0n) is 16.8. The van der Waals surface area contributed by atoms with E-state index in [1.807, 2.05) is 12.1 Å². The van der Waals surface area contributed by atoms with Gasteiger partial charge in [0.25, 0.3) is 11.7 Å². The highest BCUT2D eigenvalue weighted by atomic mass is 35.5. The van der Waals surface area contributed by atoms with Crippen LogP contribution in [-0.4, -0.2) is 34.8 Å². The topological polar surface area (TPSA) is 66.8 Å². The summed E-state index contributed by atoms with van der Waals surface area (Å²) in [5, 5.41) is 11.7. The van der Waals surface area contributed by atoms with Gasteiger partial charge < -0.3 is 14.7 Å². The van der Waals surface area contributed by atoms with E-state index in [2.05, 4.69) is 0 Å². The molecule has 2 fully saturated rings. The van der Waals surface area contributed by atoms with E-state index in [1.165, 1.54) is 0 Å². The number of amides is 1. The second-order valence-electron chi connectivity index (χ2n) is 7.78. The van der Waals surface area contributed by atoms with E-state index < -0.39 is 17.7 Å². The number of carbonyl (C=O) groups is 2. The summed E-state index contributed by atoms with van der Waals surface area (Å²) in [5.74, 6) is -0.719. The molecule has 1 amide bonds. The number of nitrogens with zero attached hydrogens (tertiary/aromatic N) is 1. The van der Waals surface area contributed by atoms with Crippen LogP contribution in [0.1, 0.15) is 49.3 Å². The van der Waals surface area contributed by atoms with Gasteiger partial charge in [0.15, 0.2) is 0 Å². The van der Waals surface area contributed by atoms with Crippen LogP contribution in [0.15, 0.2) is 54.1 Å². The van der Waals surface area contributed by atoms with Crippen LogP contribution in [0, 0.1) is 0 Å². The van der Waals surface area contributed by atoms with Gasteiger partial charge >= 0.3 is 0 Å². The molecule has 1 saturated carbocycles. The fourth-order valence-electron chi connectivity index (χ4n) is 4.46. The van der Waals surface area contributed by atoms with Crippen molar-refractivity contribution in [3.05, 3.63) is 70.3 Å². The summed E-state index contributed by atoms with van der Waals surface area (Å²) in [6.07, 6.45) is 4.91. The van der Waals surface area contributed by atoms with Crippen LogP contribution >= 0.6 is 11.6 Å². The maximum absolute atomic E-state index is 13.1. The van der Waals surface area contributed by atoms with Crippen molar-refractivity contribution in [2.45, 2.75) is 44.2 Å². The van der Waals surface area contributed by atoms with Gasteiger partial charge in [-0.3, -0.25) is 9.59 Å². The maximum atomic E-state index is 13.1. The number of aliphatic hydroxyl groups is 1. The monoisotopic (exact) mass is 425 g/mol. The van der Waals surface area contributed by atoms with Crippen molar-refractivity contribution in [3.63, 3.8) is 0 Å². The number of ether oxygens (including phenoxy) is 1. The molecule has 4 rings (SSSR count). The highest BCUT2D eigenvalue weighted by Gasteiger charge is 2.48. The Morgan fingerprint density at radius 3 is 2.23 bits per heavy atom. The summed E-state index contributed by atoms with van der Waals surface area (Å²) < 4.78 is 5.17. The molecule has 1 unspecified atom stereocenters. The van der Waals surface area contributed by atoms with E-state index >= 15 is 0 Å². The standard InChI is InChI=1S/C24H24ClNO4/c1-30-19-13-9-16(10-14-19)22(27)20-21(15-7-11-17(25)12-8-15)26(24(29)23(20)28)18-5-3-2-4-6-18/h7-14,18,21,27H,2-6H2,1H3/b22-20-. The van der Waals surface area contributed by atoms with Gasteiger partial charge in [-0.2, -0.15) is 0 Å². The number of Topliss-reactive ketones (excluding diaryl/α,β-unsaturated/α-hetero) is 1. The van der Waals surface area contributed by atoms with E-state index in [-0.39, 0.29) is 17.4 Å². The molecule has 6 heteroatoms. The Balaban J connectivity index is 1.84. The van der Waals surface area contributed by atoms with Crippen molar-refractivity contribution in [2.24, 2.45) is 0 Å². The summed E-state index contributed by atoms with van der Waals surface area (Å²) in [6.45, 7) is 0. The first kappa shape index (κ1) is 20.5. The zero-order valence-corrected chi connectivity index (χ0v) is 17.6. The highest BCUT2D eigenvalue weighted by molar-refractivity contribution is 6.46. The van der Waals surface area contributed by atoms with Crippen molar-refractivity contribution in [1.29, 1.82) is 0 Å². The van der Waals surface area contributed by atoms with Crippen molar-refractivity contribution in [2.75, 3.05) is 7.11 Å². The fourth-order valence-corrected chi connectivity index (χ4v) is 4.59.